The zero-order valence-electron chi connectivity index (χ0n) is 10.9. The molecule has 0 aromatic carbocycles. The maximum Gasteiger partial charge on any atom is 1.00 e. The minimum atomic E-state index is -1.44. The molecule has 0 saturated heterocycles. The van der Waals surface area contributed by atoms with E-state index in [4.69, 9.17) is 4.43 Å². The summed E-state index contributed by atoms with van der Waals surface area (Å²) in [4.78, 5) is 0. The number of hydrogen-bond acceptors (Lipinski definition) is 2. The normalized spacial score (nSPS) is 10.9. The minimum Gasteiger partial charge on any atom is -0.877 e. The molecule has 0 atom stereocenters. The van der Waals surface area contributed by atoms with Crippen LogP contribution in [-0.2, 0) is 4.43 Å². The van der Waals surface area contributed by atoms with Crippen molar-refractivity contribution in [3.05, 3.63) is 12.2 Å². The van der Waals surface area contributed by atoms with Crippen molar-refractivity contribution in [2.45, 2.75) is 38.9 Å². The largest absolute Gasteiger partial charge is 1.00 e. The molecule has 0 radical (unpaired) electrons. The summed E-state index contributed by atoms with van der Waals surface area (Å²) < 4.78 is 5.86. The van der Waals surface area contributed by atoms with E-state index in [9.17, 15) is 5.11 Å². The molecule has 0 aliphatic carbocycles. The van der Waals surface area contributed by atoms with Gasteiger partial charge >= 0.3 is 37.7 Å². The van der Waals surface area contributed by atoms with Crippen molar-refractivity contribution < 1.29 is 47.3 Å². The van der Waals surface area contributed by atoms with Gasteiger partial charge in [-0.05, 0) is 18.1 Å². The number of rotatable bonds is 7. The molecule has 0 unspecified atom stereocenters. The molecular weight excluding hydrogens is 194 g/mol. The van der Waals surface area contributed by atoms with Crippen LogP contribution in [0.25, 0.3) is 0 Å². The Morgan fingerprint density at radius 2 is 1.60 bits per heavy atom. The Bertz CT molecular complexity index is 142. The van der Waals surface area contributed by atoms with E-state index >= 15 is 0 Å². The first-order chi connectivity index (χ1) is 6.24. The molecule has 2 nitrogen and oxygen atoms in total. The van der Waals surface area contributed by atoms with Crippen LogP contribution in [-0.4, -0.2) is 21.5 Å². The second kappa shape index (κ2) is 13.1. The van der Waals surface area contributed by atoms with Crippen LogP contribution in [0.1, 0.15) is 20.8 Å². The average molecular weight is 214 g/mol. The molecule has 0 amide bonds. The monoisotopic (exact) mass is 214 g/mol. The molecule has 0 fully saturated rings. The van der Waals surface area contributed by atoms with Gasteiger partial charge < -0.3 is 15.6 Å². The van der Waals surface area contributed by atoms with Gasteiger partial charge in [0, 0.05) is 6.61 Å². The van der Waals surface area contributed by atoms with E-state index in [2.05, 4.69) is 26.8 Å². The standard InChI is InChI=1S/C10H20O2Si.2Li/c1-4-13(5-2,6-3)12-10-8-7-9-11;;/h8H,4-6,9-10H2,1-3H3;;/q-2;2*+1. The molecule has 15 heavy (non-hydrogen) atoms. The molecule has 0 bridgehead atoms. The third-order valence-corrected chi connectivity index (χ3v) is 7.28. The second-order valence-electron chi connectivity index (χ2n) is 3.11. The summed E-state index contributed by atoms with van der Waals surface area (Å²) in [5.41, 5.74) is 0. The fraction of sp³-hybridized carbons (Fsp3) is 0.800. The summed E-state index contributed by atoms with van der Waals surface area (Å²) in [5.74, 6) is 0. The fourth-order valence-corrected chi connectivity index (χ4v) is 3.94. The molecule has 0 aromatic heterocycles. The maximum atomic E-state index is 10.1. The van der Waals surface area contributed by atoms with Crippen molar-refractivity contribution >= 4 is 8.32 Å². The van der Waals surface area contributed by atoms with Crippen molar-refractivity contribution in [3.8, 4) is 0 Å². The fourth-order valence-electron chi connectivity index (χ4n) is 1.39. The second-order valence-corrected chi connectivity index (χ2v) is 7.88. The van der Waals surface area contributed by atoms with Crippen LogP contribution in [0.4, 0.5) is 0 Å². The number of hydrogen-bond donors (Lipinski definition) is 0. The Morgan fingerprint density at radius 1 is 1.13 bits per heavy atom. The first-order valence-electron chi connectivity index (χ1n) is 5.01. The first-order valence-corrected chi connectivity index (χ1v) is 7.54. The van der Waals surface area contributed by atoms with E-state index in [0.29, 0.717) is 6.61 Å². The average Bonchev–Trinajstić information content (AvgIpc) is 2.20. The predicted octanol–water partition coefficient (Wildman–Crippen LogP) is -4.26. The van der Waals surface area contributed by atoms with E-state index in [1.807, 2.05) is 0 Å². The molecule has 0 rings (SSSR count). The summed E-state index contributed by atoms with van der Waals surface area (Å²) >= 11 is 0. The molecule has 0 saturated carbocycles. The topological polar surface area (TPSA) is 32.3 Å². The molecule has 0 spiro atoms. The quantitative estimate of drug-likeness (QED) is 0.317. The molecule has 0 aromatic rings. The van der Waals surface area contributed by atoms with Gasteiger partial charge in [0.25, 0.3) is 0 Å². The summed E-state index contributed by atoms with van der Waals surface area (Å²) in [6.07, 6.45) is 4.33. The van der Waals surface area contributed by atoms with Gasteiger partial charge in [-0.1, -0.05) is 20.8 Å². The smallest absolute Gasteiger partial charge is 0.877 e. The van der Waals surface area contributed by atoms with E-state index in [1.54, 1.807) is 6.08 Å². The van der Waals surface area contributed by atoms with Gasteiger partial charge in [0.1, 0.15) is 0 Å². The molecular formula is C10H20Li2O2Si. The van der Waals surface area contributed by atoms with Gasteiger partial charge in [-0.3, -0.25) is 6.61 Å². The summed E-state index contributed by atoms with van der Waals surface area (Å²) in [6, 6.07) is 3.47. The van der Waals surface area contributed by atoms with Gasteiger partial charge in [-0.15, -0.1) is 0 Å². The molecule has 5 heteroatoms. The van der Waals surface area contributed by atoms with E-state index in [-0.39, 0.29) is 44.3 Å². The molecule has 0 aliphatic rings. The Balaban J connectivity index is -0.000000720. The van der Waals surface area contributed by atoms with Crippen LogP contribution in [0.5, 0.6) is 0 Å². The van der Waals surface area contributed by atoms with Crippen molar-refractivity contribution in [2.24, 2.45) is 0 Å². The van der Waals surface area contributed by atoms with Crippen molar-refractivity contribution in [3.63, 3.8) is 0 Å². The van der Waals surface area contributed by atoms with Gasteiger partial charge in [-0.25, -0.2) is 6.08 Å². The van der Waals surface area contributed by atoms with Crippen LogP contribution >= 0.6 is 0 Å². The van der Waals surface area contributed by atoms with Crippen LogP contribution in [0.3, 0.4) is 0 Å². The third-order valence-electron chi connectivity index (χ3n) is 2.63. The van der Waals surface area contributed by atoms with Gasteiger partial charge in [-0.2, -0.15) is 0 Å². The maximum absolute atomic E-state index is 10.1. The zero-order valence-corrected chi connectivity index (χ0v) is 11.9. The van der Waals surface area contributed by atoms with Gasteiger partial charge in [0.05, 0.1) is 0 Å². The zero-order chi connectivity index (χ0) is 10.2. The van der Waals surface area contributed by atoms with E-state index in [0.717, 1.165) is 18.1 Å². The molecule has 0 aliphatic heterocycles. The first kappa shape index (κ1) is 21.4. The van der Waals surface area contributed by atoms with Gasteiger partial charge in [0.15, 0.2) is 8.32 Å². The molecule has 78 valence electrons. The summed E-state index contributed by atoms with van der Waals surface area (Å²) in [7, 11) is -1.44. The summed E-state index contributed by atoms with van der Waals surface area (Å²) in [6.45, 7) is 6.90. The van der Waals surface area contributed by atoms with Crippen molar-refractivity contribution in [1.29, 1.82) is 0 Å². The van der Waals surface area contributed by atoms with Crippen LogP contribution in [0, 0.1) is 6.08 Å². The predicted molar refractivity (Wildman–Crippen MR) is 55.8 cm³/mol. The Kier molecular flexibility index (Phi) is 18.7. The van der Waals surface area contributed by atoms with Crippen LogP contribution in [0.15, 0.2) is 6.08 Å². The van der Waals surface area contributed by atoms with Gasteiger partial charge in [0.2, 0.25) is 0 Å². The Labute approximate surface area is 119 Å². The van der Waals surface area contributed by atoms with Crippen LogP contribution < -0.4 is 42.8 Å². The molecule has 0 N–H and O–H groups in total. The third kappa shape index (κ3) is 8.84. The van der Waals surface area contributed by atoms with E-state index in [1.165, 1.54) is 0 Å². The van der Waals surface area contributed by atoms with Crippen molar-refractivity contribution in [1.82, 2.24) is 0 Å². The Morgan fingerprint density at radius 3 is 1.93 bits per heavy atom. The molecule has 0 heterocycles. The Hall–Kier alpha value is 1.07. The minimum absolute atomic E-state index is 0. The summed E-state index contributed by atoms with van der Waals surface area (Å²) in [5, 5.41) is 10.1. The van der Waals surface area contributed by atoms with Crippen LogP contribution in [0.2, 0.25) is 18.1 Å². The van der Waals surface area contributed by atoms with E-state index < -0.39 is 8.32 Å². The van der Waals surface area contributed by atoms with Crippen molar-refractivity contribution in [2.75, 3.05) is 13.2 Å². The SMILES string of the molecule is CC[Si](CC)(CC)OCC=[C-]C[O-].[Li+].[Li+].